The Kier molecular flexibility index (Phi) is 5.54. The van der Waals surface area contributed by atoms with Crippen LogP contribution in [0, 0.1) is 0 Å². The first-order valence-corrected chi connectivity index (χ1v) is 10.1. The molecule has 0 saturated heterocycles. The number of hydrogen-bond acceptors (Lipinski definition) is 5. The molecule has 0 fully saturated rings. The van der Waals surface area contributed by atoms with Crippen LogP contribution in [0.15, 0.2) is 51.7 Å². The molecule has 7 heteroatoms. The summed E-state index contributed by atoms with van der Waals surface area (Å²) in [7, 11) is 5.56. The van der Waals surface area contributed by atoms with Gasteiger partial charge in [0.2, 0.25) is 5.76 Å². The molecule has 1 aromatic heterocycles. The van der Waals surface area contributed by atoms with Gasteiger partial charge in [-0.1, -0.05) is 23.7 Å². The number of benzene rings is 2. The van der Waals surface area contributed by atoms with Crippen LogP contribution in [0.1, 0.15) is 34.1 Å². The second-order valence-electron chi connectivity index (χ2n) is 7.65. The number of halogens is 1. The van der Waals surface area contributed by atoms with Gasteiger partial charge in [-0.25, -0.2) is 0 Å². The van der Waals surface area contributed by atoms with Crippen LogP contribution in [0.25, 0.3) is 11.0 Å². The van der Waals surface area contributed by atoms with E-state index in [-0.39, 0.29) is 17.1 Å². The van der Waals surface area contributed by atoms with E-state index < -0.39 is 6.04 Å². The van der Waals surface area contributed by atoms with Gasteiger partial charge in [-0.05, 0) is 63.0 Å². The van der Waals surface area contributed by atoms with Crippen molar-refractivity contribution in [3.63, 3.8) is 0 Å². The largest absolute Gasteiger partial charge is 0.497 e. The number of nitrogens with zero attached hydrogens (tertiary/aromatic N) is 2. The quantitative estimate of drug-likeness (QED) is 0.597. The van der Waals surface area contributed by atoms with Crippen LogP contribution in [-0.2, 0) is 0 Å². The van der Waals surface area contributed by atoms with Crippen LogP contribution < -0.4 is 10.2 Å². The second-order valence-corrected chi connectivity index (χ2v) is 8.09. The first-order valence-electron chi connectivity index (χ1n) is 9.76. The SMILES string of the molecule is COc1cccc(C2c3c(oc4ccc(Cl)cc4c3=O)C(=O)N2CCCN(C)C)c1. The Hall–Kier alpha value is -2.83. The number of rotatable bonds is 6. The van der Waals surface area contributed by atoms with E-state index in [1.54, 1.807) is 30.2 Å². The normalized spacial score (nSPS) is 15.8. The molecular formula is C23H23ClN2O4. The first kappa shape index (κ1) is 20.4. The zero-order valence-electron chi connectivity index (χ0n) is 17.1. The highest BCUT2D eigenvalue weighted by Gasteiger charge is 2.42. The van der Waals surface area contributed by atoms with Crippen molar-refractivity contribution in [3.05, 3.63) is 74.6 Å². The Morgan fingerprint density at radius 3 is 2.70 bits per heavy atom. The highest BCUT2D eigenvalue weighted by atomic mass is 35.5. The minimum Gasteiger partial charge on any atom is -0.497 e. The van der Waals surface area contributed by atoms with Crippen molar-refractivity contribution in [1.29, 1.82) is 0 Å². The third-order valence-electron chi connectivity index (χ3n) is 5.34. The van der Waals surface area contributed by atoms with E-state index in [9.17, 15) is 9.59 Å². The summed E-state index contributed by atoms with van der Waals surface area (Å²) in [6.45, 7) is 1.32. The second kappa shape index (κ2) is 8.13. The van der Waals surface area contributed by atoms with E-state index in [1.807, 2.05) is 38.4 Å². The fourth-order valence-electron chi connectivity index (χ4n) is 3.94. The van der Waals surface area contributed by atoms with Gasteiger partial charge in [0.25, 0.3) is 5.91 Å². The van der Waals surface area contributed by atoms with Crippen molar-refractivity contribution < 1.29 is 13.9 Å². The van der Waals surface area contributed by atoms with Crippen LogP contribution in [-0.4, -0.2) is 50.0 Å². The maximum Gasteiger partial charge on any atom is 0.290 e. The molecule has 1 amide bonds. The molecule has 0 bridgehead atoms. The summed E-state index contributed by atoms with van der Waals surface area (Å²) in [6.07, 6.45) is 0.771. The number of amides is 1. The lowest BCUT2D eigenvalue weighted by molar-refractivity contribution is 0.0722. The van der Waals surface area contributed by atoms with Gasteiger partial charge < -0.3 is 19.0 Å². The van der Waals surface area contributed by atoms with Crippen molar-refractivity contribution in [1.82, 2.24) is 9.80 Å². The highest BCUT2D eigenvalue weighted by Crippen LogP contribution is 2.39. The zero-order valence-corrected chi connectivity index (χ0v) is 17.9. The fraction of sp³-hybridized carbons (Fsp3) is 0.304. The van der Waals surface area contributed by atoms with Crippen molar-refractivity contribution >= 4 is 28.5 Å². The molecule has 0 radical (unpaired) electrons. The van der Waals surface area contributed by atoms with Crippen molar-refractivity contribution in [2.45, 2.75) is 12.5 Å². The average Bonchev–Trinajstić information content (AvgIpc) is 3.01. The predicted molar refractivity (Wildman–Crippen MR) is 117 cm³/mol. The van der Waals surface area contributed by atoms with Crippen LogP contribution in [0.5, 0.6) is 5.75 Å². The van der Waals surface area contributed by atoms with E-state index in [4.69, 9.17) is 20.8 Å². The van der Waals surface area contributed by atoms with Gasteiger partial charge in [0.15, 0.2) is 5.43 Å². The molecule has 0 spiro atoms. The molecule has 0 saturated carbocycles. The molecule has 156 valence electrons. The Bertz CT molecular complexity index is 1170. The Morgan fingerprint density at radius 1 is 1.17 bits per heavy atom. The molecule has 0 N–H and O–H groups in total. The predicted octanol–water partition coefficient (Wildman–Crippen LogP) is 3.95. The molecule has 2 aromatic carbocycles. The number of carbonyl (C=O) groups excluding carboxylic acids is 1. The summed E-state index contributed by atoms with van der Waals surface area (Å²) in [4.78, 5) is 30.5. The van der Waals surface area contributed by atoms with Gasteiger partial charge in [0, 0.05) is 11.6 Å². The van der Waals surface area contributed by atoms with Gasteiger partial charge in [-0.3, -0.25) is 9.59 Å². The minimum atomic E-state index is -0.538. The maximum atomic E-state index is 13.4. The fourth-order valence-corrected chi connectivity index (χ4v) is 4.11. The highest BCUT2D eigenvalue weighted by molar-refractivity contribution is 6.31. The maximum absolute atomic E-state index is 13.4. The minimum absolute atomic E-state index is 0.104. The van der Waals surface area contributed by atoms with Crippen LogP contribution in [0.3, 0.4) is 0 Å². The smallest absolute Gasteiger partial charge is 0.290 e. The number of ether oxygens (including phenoxy) is 1. The third-order valence-corrected chi connectivity index (χ3v) is 5.58. The van der Waals surface area contributed by atoms with Gasteiger partial charge in [-0.2, -0.15) is 0 Å². The average molecular weight is 427 g/mol. The van der Waals surface area contributed by atoms with Gasteiger partial charge in [-0.15, -0.1) is 0 Å². The van der Waals surface area contributed by atoms with E-state index in [0.29, 0.717) is 33.8 Å². The van der Waals surface area contributed by atoms with Gasteiger partial charge in [0.1, 0.15) is 11.3 Å². The van der Waals surface area contributed by atoms with Crippen molar-refractivity contribution in [2.75, 3.05) is 34.3 Å². The summed E-state index contributed by atoms with van der Waals surface area (Å²) >= 11 is 6.11. The van der Waals surface area contributed by atoms with Gasteiger partial charge >= 0.3 is 0 Å². The molecule has 3 aromatic rings. The molecule has 30 heavy (non-hydrogen) atoms. The summed E-state index contributed by atoms with van der Waals surface area (Å²) < 4.78 is 11.3. The standard InChI is InChI=1S/C23H23ClN2O4/c1-25(2)10-5-11-26-20(14-6-4-7-16(12-14)29-3)19-21(27)17-13-15(24)8-9-18(17)30-22(19)23(26)28/h4,6-9,12-13,20H,5,10-11H2,1-3H3. The van der Waals surface area contributed by atoms with E-state index in [1.165, 1.54) is 0 Å². The lowest BCUT2D eigenvalue weighted by Crippen LogP contribution is -2.32. The molecule has 1 unspecified atom stereocenters. The number of fused-ring (bicyclic) bond motifs is 2. The lowest BCUT2D eigenvalue weighted by atomic mass is 9.98. The Morgan fingerprint density at radius 2 is 1.97 bits per heavy atom. The molecule has 1 atom stereocenters. The molecule has 2 heterocycles. The Balaban J connectivity index is 1.89. The summed E-state index contributed by atoms with van der Waals surface area (Å²) in [5.41, 5.74) is 1.29. The number of carbonyl (C=O) groups is 1. The molecular weight excluding hydrogens is 404 g/mol. The molecule has 6 nitrogen and oxygen atoms in total. The van der Waals surface area contributed by atoms with Gasteiger partial charge in [0.05, 0.1) is 24.1 Å². The summed E-state index contributed by atoms with van der Waals surface area (Å²) in [5, 5.41) is 0.817. The topological polar surface area (TPSA) is 63.0 Å². The lowest BCUT2D eigenvalue weighted by Gasteiger charge is -2.26. The zero-order chi connectivity index (χ0) is 21.4. The molecule has 1 aliphatic heterocycles. The van der Waals surface area contributed by atoms with Crippen molar-refractivity contribution in [3.8, 4) is 5.75 Å². The molecule has 0 aliphatic carbocycles. The Labute approximate surface area is 179 Å². The van der Waals surface area contributed by atoms with Crippen LogP contribution in [0.4, 0.5) is 0 Å². The number of methoxy groups -OCH3 is 1. The first-order chi connectivity index (χ1) is 14.4. The van der Waals surface area contributed by atoms with E-state index >= 15 is 0 Å². The number of hydrogen-bond donors (Lipinski definition) is 0. The monoisotopic (exact) mass is 426 g/mol. The van der Waals surface area contributed by atoms with Crippen molar-refractivity contribution in [2.24, 2.45) is 0 Å². The van der Waals surface area contributed by atoms with Crippen LogP contribution >= 0.6 is 11.6 Å². The van der Waals surface area contributed by atoms with E-state index in [2.05, 4.69) is 4.90 Å². The van der Waals surface area contributed by atoms with E-state index in [0.717, 1.165) is 18.5 Å². The molecule has 4 rings (SSSR count). The summed E-state index contributed by atoms with van der Waals surface area (Å²) in [5.74, 6) is 0.493. The summed E-state index contributed by atoms with van der Waals surface area (Å²) in [6, 6.07) is 11.8. The third kappa shape index (κ3) is 3.57. The molecule has 1 aliphatic rings. The van der Waals surface area contributed by atoms with Crippen LogP contribution in [0.2, 0.25) is 5.02 Å².